The van der Waals surface area contributed by atoms with E-state index in [1.165, 1.54) is 0 Å². The molecule has 0 saturated heterocycles. The van der Waals surface area contributed by atoms with Crippen molar-refractivity contribution >= 4 is 22.5 Å². The summed E-state index contributed by atoms with van der Waals surface area (Å²) in [5.41, 5.74) is 3.51. The first-order chi connectivity index (χ1) is 14.1. The van der Waals surface area contributed by atoms with Gasteiger partial charge in [0.05, 0.1) is 22.3 Å². The second kappa shape index (κ2) is 10.7. The average molecular weight is 411 g/mol. The summed E-state index contributed by atoms with van der Waals surface area (Å²) in [6, 6.07) is 17.9. The van der Waals surface area contributed by atoms with Gasteiger partial charge in [0.25, 0.3) is 0 Å². The standard InChI is InChI=1S/C25H31ClN2O/c1-3-5-15-28(16-6-4-2)18-24(29)21-17-23(19-11-8-7-9-12-19)27-25-20(21)13-10-14-22(25)26/h7-14,17,24,29H,3-6,15-16,18H2,1-2H3. The van der Waals surface area contributed by atoms with Gasteiger partial charge in [0.15, 0.2) is 0 Å². The van der Waals surface area contributed by atoms with Crippen LogP contribution in [0.15, 0.2) is 54.6 Å². The third kappa shape index (κ3) is 5.57. The fourth-order valence-electron chi connectivity index (χ4n) is 3.67. The SMILES string of the molecule is CCCCN(CCCC)CC(O)c1cc(-c2ccccc2)nc2c(Cl)cccc12. The normalized spacial score (nSPS) is 12.6. The molecule has 1 atom stereocenters. The molecule has 1 heterocycles. The first-order valence-corrected chi connectivity index (χ1v) is 11.1. The molecule has 4 heteroatoms. The molecule has 3 nitrogen and oxygen atoms in total. The minimum Gasteiger partial charge on any atom is -0.387 e. The molecule has 3 rings (SSSR count). The Hall–Kier alpha value is -1.94. The maximum absolute atomic E-state index is 11.2. The first kappa shape index (κ1) is 21.8. The molecule has 1 unspecified atom stereocenters. The predicted octanol–water partition coefficient (Wildman–Crippen LogP) is 6.49. The summed E-state index contributed by atoms with van der Waals surface area (Å²) >= 11 is 6.48. The van der Waals surface area contributed by atoms with Gasteiger partial charge in [0.2, 0.25) is 0 Å². The lowest BCUT2D eigenvalue weighted by molar-refractivity contribution is 0.112. The van der Waals surface area contributed by atoms with Crippen molar-refractivity contribution in [2.75, 3.05) is 19.6 Å². The molecule has 29 heavy (non-hydrogen) atoms. The van der Waals surface area contributed by atoms with E-state index in [4.69, 9.17) is 16.6 Å². The van der Waals surface area contributed by atoms with E-state index in [0.717, 1.165) is 66.5 Å². The van der Waals surface area contributed by atoms with Crippen molar-refractivity contribution in [1.29, 1.82) is 0 Å². The second-order valence-electron chi connectivity index (χ2n) is 7.62. The lowest BCUT2D eigenvalue weighted by atomic mass is 9.99. The van der Waals surface area contributed by atoms with Crippen molar-refractivity contribution in [2.24, 2.45) is 0 Å². The van der Waals surface area contributed by atoms with Gasteiger partial charge in [0, 0.05) is 17.5 Å². The minimum atomic E-state index is -0.588. The number of pyridine rings is 1. The fraction of sp³-hybridized carbons (Fsp3) is 0.400. The zero-order valence-electron chi connectivity index (χ0n) is 17.4. The van der Waals surface area contributed by atoms with Gasteiger partial charge in [-0.3, -0.25) is 0 Å². The molecule has 0 saturated carbocycles. The Morgan fingerprint density at radius 3 is 2.31 bits per heavy atom. The van der Waals surface area contributed by atoms with Crippen LogP contribution in [0.1, 0.15) is 51.2 Å². The van der Waals surface area contributed by atoms with Crippen LogP contribution < -0.4 is 0 Å². The highest BCUT2D eigenvalue weighted by Crippen LogP contribution is 2.32. The highest BCUT2D eigenvalue weighted by Gasteiger charge is 2.19. The van der Waals surface area contributed by atoms with Crippen LogP contribution in [0.3, 0.4) is 0 Å². The van der Waals surface area contributed by atoms with Crippen LogP contribution in [0.25, 0.3) is 22.2 Å². The van der Waals surface area contributed by atoms with Crippen molar-refractivity contribution in [2.45, 2.75) is 45.6 Å². The van der Waals surface area contributed by atoms with Crippen molar-refractivity contribution in [1.82, 2.24) is 9.88 Å². The lowest BCUT2D eigenvalue weighted by Crippen LogP contribution is -2.31. The Kier molecular flexibility index (Phi) is 8.05. The molecule has 1 N–H and O–H groups in total. The predicted molar refractivity (Wildman–Crippen MR) is 123 cm³/mol. The average Bonchev–Trinajstić information content (AvgIpc) is 2.75. The molecule has 2 aromatic carbocycles. The molecule has 0 aliphatic carbocycles. The largest absolute Gasteiger partial charge is 0.387 e. The molecule has 0 radical (unpaired) electrons. The first-order valence-electron chi connectivity index (χ1n) is 10.7. The van der Waals surface area contributed by atoms with Crippen LogP contribution in [-0.4, -0.2) is 34.6 Å². The Labute approximate surface area is 179 Å². The van der Waals surface area contributed by atoms with Crippen LogP contribution in [0.4, 0.5) is 0 Å². The van der Waals surface area contributed by atoms with E-state index >= 15 is 0 Å². The van der Waals surface area contributed by atoms with Gasteiger partial charge in [0.1, 0.15) is 0 Å². The van der Waals surface area contributed by atoms with Crippen molar-refractivity contribution in [3.63, 3.8) is 0 Å². The highest BCUT2D eigenvalue weighted by molar-refractivity contribution is 6.35. The van der Waals surface area contributed by atoms with Crippen LogP contribution in [0.5, 0.6) is 0 Å². The number of halogens is 1. The Balaban J connectivity index is 1.98. The van der Waals surface area contributed by atoms with E-state index in [0.29, 0.717) is 11.6 Å². The Bertz CT molecular complexity index is 905. The van der Waals surface area contributed by atoms with Gasteiger partial charge in [-0.1, -0.05) is 80.8 Å². The number of rotatable bonds is 10. The van der Waals surface area contributed by atoms with Gasteiger partial charge in [-0.05, 0) is 43.6 Å². The molecular formula is C25H31ClN2O. The summed E-state index contributed by atoms with van der Waals surface area (Å²) in [6.45, 7) is 7.07. The van der Waals surface area contributed by atoms with Crippen LogP contribution in [0.2, 0.25) is 5.02 Å². The molecule has 0 aliphatic rings. The molecule has 1 aromatic heterocycles. The summed E-state index contributed by atoms with van der Waals surface area (Å²) in [5, 5.41) is 12.8. The molecule has 3 aromatic rings. The number of hydrogen-bond donors (Lipinski definition) is 1. The molecule has 0 fully saturated rings. The zero-order chi connectivity index (χ0) is 20.6. The third-order valence-electron chi connectivity index (χ3n) is 5.34. The molecule has 0 bridgehead atoms. The second-order valence-corrected chi connectivity index (χ2v) is 8.03. The molecular weight excluding hydrogens is 380 g/mol. The maximum atomic E-state index is 11.2. The van der Waals surface area contributed by atoms with Crippen molar-refractivity contribution < 1.29 is 5.11 Å². The Morgan fingerprint density at radius 2 is 1.66 bits per heavy atom. The van der Waals surface area contributed by atoms with Crippen molar-refractivity contribution in [3.8, 4) is 11.3 Å². The zero-order valence-corrected chi connectivity index (χ0v) is 18.2. The van der Waals surface area contributed by atoms with E-state index in [2.05, 4.69) is 18.7 Å². The van der Waals surface area contributed by atoms with Crippen LogP contribution >= 0.6 is 11.6 Å². The minimum absolute atomic E-state index is 0.588. The molecule has 0 amide bonds. The number of hydrogen-bond acceptors (Lipinski definition) is 3. The third-order valence-corrected chi connectivity index (χ3v) is 5.64. The number of aromatic nitrogens is 1. The van der Waals surface area contributed by atoms with E-state index in [1.807, 2.05) is 54.6 Å². The molecule has 0 aliphatic heterocycles. The smallest absolute Gasteiger partial charge is 0.0924 e. The maximum Gasteiger partial charge on any atom is 0.0924 e. The summed E-state index contributed by atoms with van der Waals surface area (Å²) < 4.78 is 0. The topological polar surface area (TPSA) is 36.4 Å². The van der Waals surface area contributed by atoms with Gasteiger partial charge < -0.3 is 10.0 Å². The van der Waals surface area contributed by atoms with E-state index in [1.54, 1.807) is 0 Å². The number of aliphatic hydroxyl groups excluding tert-OH is 1. The Morgan fingerprint density at radius 1 is 0.966 bits per heavy atom. The van der Waals surface area contributed by atoms with Gasteiger partial charge >= 0.3 is 0 Å². The summed E-state index contributed by atoms with van der Waals surface area (Å²) in [5.74, 6) is 0. The van der Waals surface area contributed by atoms with Crippen molar-refractivity contribution in [3.05, 3.63) is 65.2 Å². The number of fused-ring (bicyclic) bond motifs is 1. The number of para-hydroxylation sites is 1. The summed E-state index contributed by atoms with van der Waals surface area (Å²) in [7, 11) is 0. The lowest BCUT2D eigenvalue weighted by Gasteiger charge is -2.26. The number of unbranched alkanes of at least 4 members (excludes halogenated alkanes) is 2. The monoisotopic (exact) mass is 410 g/mol. The summed E-state index contributed by atoms with van der Waals surface area (Å²) in [4.78, 5) is 7.20. The van der Waals surface area contributed by atoms with Gasteiger partial charge in [-0.25, -0.2) is 4.98 Å². The van der Waals surface area contributed by atoms with Crippen LogP contribution in [-0.2, 0) is 0 Å². The van der Waals surface area contributed by atoms with Gasteiger partial charge in [-0.15, -0.1) is 0 Å². The van der Waals surface area contributed by atoms with Gasteiger partial charge in [-0.2, -0.15) is 0 Å². The van der Waals surface area contributed by atoms with E-state index in [-0.39, 0.29) is 0 Å². The summed E-state index contributed by atoms with van der Waals surface area (Å²) in [6.07, 6.45) is 4.02. The quantitative estimate of drug-likeness (QED) is 0.415. The highest BCUT2D eigenvalue weighted by atomic mass is 35.5. The molecule has 0 spiro atoms. The number of nitrogens with zero attached hydrogens (tertiary/aromatic N) is 2. The number of aliphatic hydroxyl groups is 1. The van der Waals surface area contributed by atoms with Crippen LogP contribution in [0, 0.1) is 0 Å². The van der Waals surface area contributed by atoms with E-state index in [9.17, 15) is 5.11 Å². The fourth-order valence-corrected chi connectivity index (χ4v) is 3.89. The number of benzene rings is 2. The van der Waals surface area contributed by atoms with E-state index < -0.39 is 6.10 Å². The molecule has 154 valence electrons.